The number of hydrogen-bond donors (Lipinski definition) is 2. The van der Waals surface area contributed by atoms with Crippen molar-refractivity contribution in [3.8, 4) is 5.75 Å². The average molecular weight is 312 g/mol. The summed E-state index contributed by atoms with van der Waals surface area (Å²) in [4.78, 5) is 23.2. The largest absolute Gasteiger partial charge is 0.483 e. The van der Waals surface area contributed by atoms with Crippen molar-refractivity contribution in [3.05, 3.63) is 65.7 Å². The second-order valence-corrected chi connectivity index (χ2v) is 5.26. The molecule has 120 valence electrons. The molecule has 0 aliphatic heterocycles. The Labute approximate surface area is 135 Å². The van der Waals surface area contributed by atoms with Gasteiger partial charge in [0.2, 0.25) is 0 Å². The zero-order valence-electron chi connectivity index (χ0n) is 13.0. The molecule has 2 aromatic rings. The SMILES string of the molecule is CC(CNC(=O)COc1ccccc1C(N)=O)c1ccccc1. The fourth-order valence-corrected chi connectivity index (χ4v) is 2.16. The quantitative estimate of drug-likeness (QED) is 0.821. The molecule has 3 N–H and O–H groups in total. The summed E-state index contributed by atoms with van der Waals surface area (Å²) >= 11 is 0. The van der Waals surface area contributed by atoms with Crippen LogP contribution < -0.4 is 15.8 Å². The Balaban J connectivity index is 1.83. The summed E-state index contributed by atoms with van der Waals surface area (Å²) in [6, 6.07) is 16.5. The first kappa shape index (κ1) is 16.5. The van der Waals surface area contributed by atoms with Crippen molar-refractivity contribution in [2.45, 2.75) is 12.8 Å². The molecule has 0 saturated carbocycles. The minimum absolute atomic E-state index is 0.161. The molecule has 23 heavy (non-hydrogen) atoms. The molecule has 0 spiro atoms. The van der Waals surface area contributed by atoms with Gasteiger partial charge in [-0.3, -0.25) is 9.59 Å². The summed E-state index contributed by atoms with van der Waals surface area (Å²) in [6.07, 6.45) is 0. The van der Waals surface area contributed by atoms with Gasteiger partial charge < -0.3 is 15.8 Å². The predicted octanol–water partition coefficient (Wildman–Crippen LogP) is 2.08. The van der Waals surface area contributed by atoms with Gasteiger partial charge in [0.25, 0.3) is 11.8 Å². The van der Waals surface area contributed by atoms with Crippen LogP contribution >= 0.6 is 0 Å². The molecule has 1 unspecified atom stereocenters. The van der Waals surface area contributed by atoms with E-state index < -0.39 is 5.91 Å². The lowest BCUT2D eigenvalue weighted by Crippen LogP contribution is -2.32. The fourth-order valence-electron chi connectivity index (χ4n) is 2.16. The normalized spacial score (nSPS) is 11.5. The zero-order chi connectivity index (χ0) is 16.7. The van der Waals surface area contributed by atoms with Gasteiger partial charge in [0.15, 0.2) is 6.61 Å². The number of carbonyl (C=O) groups is 2. The van der Waals surface area contributed by atoms with Crippen LogP contribution in [0, 0.1) is 0 Å². The number of para-hydroxylation sites is 1. The van der Waals surface area contributed by atoms with Crippen molar-refractivity contribution in [3.63, 3.8) is 0 Å². The molecule has 5 heteroatoms. The highest BCUT2D eigenvalue weighted by atomic mass is 16.5. The van der Waals surface area contributed by atoms with E-state index in [-0.39, 0.29) is 24.0 Å². The van der Waals surface area contributed by atoms with Gasteiger partial charge in [-0.05, 0) is 23.6 Å². The summed E-state index contributed by atoms with van der Waals surface area (Å²) < 4.78 is 5.39. The van der Waals surface area contributed by atoms with Gasteiger partial charge in [-0.1, -0.05) is 49.4 Å². The van der Waals surface area contributed by atoms with Gasteiger partial charge in [0, 0.05) is 6.54 Å². The number of amides is 2. The van der Waals surface area contributed by atoms with Crippen molar-refractivity contribution in [1.82, 2.24) is 5.32 Å². The third-order valence-electron chi connectivity index (χ3n) is 3.49. The van der Waals surface area contributed by atoms with Gasteiger partial charge in [-0.25, -0.2) is 0 Å². The number of carbonyl (C=O) groups excluding carboxylic acids is 2. The lowest BCUT2D eigenvalue weighted by molar-refractivity contribution is -0.123. The lowest BCUT2D eigenvalue weighted by atomic mass is 10.0. The summed E-state index contributed by atoms with van der Waals surface area (Å²) in [6.45, 7) is 2.40. The molecular weight excluding hydrogens is 292 g/mol. The number of benzene rings is 2. The number of primary amides is 1. The molecule has 2 aromatic carbocycles. The van der Waals surface area contributed by atoms with Crippen LogP contribution in [0.2, 0.25) is 0 Å². The van der Waals surface area contributed by atoms with E-state index in [2.05, 4.69) is 5.32 Å². The van der Waals surface area contributed by atoms with Crippen LogP contribution in [-0.2, 0) is 4.79 Å². The lowest BCUT2D eigenvalue weighted by Gasteiger charge is -2.14. The Morgan fingerprint density at radius 3 is 2.43 bits per heavy atom. The smallest absolute Gasteiger partial charge is 0.257 e. The molecular formula is C18H20N2O3. The van der Waals surface area contributed by atoms with Gasteiger partial charge in [-0.2, -0.15) is 0 Å². The molecule has 0 heterocycles. The number of hydrogen-bond acceptors (Lipinski definition) is 3. The highest BCUT2D eigenvalue weighted by Crippen LogP contribution is 2.17. The maximum absolute atomic E-state index is 11.9. The minimum Gasteiger partial charge on any atom is -0.483 e. The van der Waals surface area contributed by atoms with Crippen LogP contribution in [0.5, 0.6) is 5.75 Å². The molecule has 0 aromatic heterocycles. The van der Waals surface area contributed by atoms with Gasteiger partial charge in [-0.15, -0.1) is 0 Å². The molecule has 5 nitrogen and oxygen atoms in total. The van der Waals surface area contributed by atoms with E-state index in [1.54, 1.807) is 24.3 Å². The molecule has 1 atom stereocenters. The van der Waals surface area contributed by atoms with Crippen molar-refractivity contribution >= 4 is 11.8 Å². The van der Waals surface area contributed by atoms with Crippen molar-refractivity contribution in [2.24, 2.45) is 5.73 Å². The van der Waals surface area contributed by atoms with E-state index in [1.807, 2.05) is 37.3 Å². The molecule has 2 rings (SSSR count). The summed E-state index contributed by atoms with van der Waals surface area (Å²) in [5, 5.41) is 2.82. The van der Waals surface area contributed by atoms with Crippen molar-refractivity contribution in [2.75, 3.05) is 13.2 Å². The topological polar surface area (TPSA) is 81.4 Å². The fraction of sp³-hybridized carbons (Fsp3) is 0.222. The molecule has 2 amide bonds. The summed E-state index contributed by atoms with van der Waals surface area (Å²) in [5.74, 6) is -0.310. The van der Waals surface area contributed by atoms with Crippen molar-refractivity contribution in [1.29, 1.82) is 0 Å². The first-order valence-electron chi connectivity index (χ1n) is 7.41. The summed E-state index contributed by atoms with van der Waals surface area (Å²) in [5.41, 5.74) is 6.69. The zero-order valence-corrected chi connectivity index (χ0v) is 13.0. The average Bonchev–Trinajstić information content (AvgIpc) is 2.58. The molecule has 0 aliphatic rings. The Morgan fingerprint density at radius 1 is 1.09 bits per heavy atom. The summed E-state index contributed by atoms with van der Waals surface area (Å²) in [7, 11) is 0. The van der Waals surface area contributed by atoms with Gasteiger partial charge in [0.05, 0.1) is 5.56 Å². The predicted molar refractivity (Wildman–Crippen MR) is 88.3 cm³/mol. The molecule has 0 aliphatic carbocycles. The number of nitrogens with one attached hydrogen (secondary N) is 1. The highest BCUT2D eigenvalue weighted by molar-refractivity contribution is 5.95. The van der Waals surface area contributed by atoms with Crippen LogP contribution in [0.1, 0.15) is 28.8 Å². The maximum Gasteiger partial charge on any atom is 0.257 e. The third-order valence-corrected chi connectivity index (χ3v) is 3.49. The number of ether oxygens (including phenoxy) is 1. The van der Waals surface area contributed by atoms with E-state index in [0.717, 1.165) is 5.56 Å². The van der Waals surface area contributed by atoms with Crippen LogP contribution in [0.15, 0.2) is 54.6 Å². The first-order valence-corrected chi connectivity index (χ1v) is 7.41. The van der Waals surface area contributed by atoms with Crippen LogP contribution in [-0.4, -0.2) is 25.0 Å². The second-order valence-electron chi connectivity index (χ2n) is 5.26. The Kier molecular flexibility index (Phi) is 5.74. The number of rotatable bonds is 7. The van der Waals surface area contributed by atoms with E-state index in [4.69, 9.17) is 10.5 Å². The molecule has 0 radical (unpaired) electrons. The monoisotopic (exact) mass is 312 g/mol. The molecule has 0 bridgehead atoms. The first-order chi connectivity index (χ1) is 11.1. The standard InChI is InChI=1S/C18H20N2O3/c1-13(14-7-3-2-4-8-14)11-20-17(21)12-23-16-10-6-5-9-15(16)18(19)22/h2-10,13H,11-12H2,1H3,(H2,19,22)(H,20,21). The van der Waals surface area contributed by atoms with E-state index in [0.29, 0.717) is 12.3 Å². The van der Waals surface area contributed by atoms with Gasteiger partial charge in [0.1, 0.15) is 5.75 Å². The van der Waals surface area contributed by atoms with Gasteiger partial charge >= 0.3 is 0 Å². The third kappa shape index (κ3) is 4.85. The Hall–Kier alpha value is -2.82. The maximum atomic E-state index is 11.9. The van der Waals surface area contributed by atoms with Crippen LogP contribution in [0.4, 0.5) is 0 Å². The van der Waals surface area contributed by atoms with E-state index in [1.165, 1.54) is 0 Å². The second kappa shape index (κ2) is 7.98. The number of nitrogens with two attached hydrogens (primary N) is 1. The van der Waals surface area contributed by atoms with Crippen LogP contribution in [0.25, 0.3) is 0 Å². The van der Waals surface area contributed by atoms with E-state index >= 15 is 0 Å². The van der Waals surface area contributed by atoms with E-state index in [9.17, 15) is 9.59 Å². The van der Waals surface area contributed by atoms with Crippen LogP contribution in [0.3, 0.4) is 0 Å². The van der Waals surface area contributed by atoms with Crippen molar-refractivity contribution < 1.29 is 14.3 Å². The molecule has 0 fully saturated rings. The Morgan fingerprint density at radius 2 is 1.74 bits per heavy atom. The minimum atomic E-state index is -0.585. The Bertz CT molecular complexity index is 671. The molecule has 0 saturated heterocycles. The highest BCUT2D eigenvalue weighted by Gasteiger charge is 2.11.